The van der Waals surface area contributed by atoms with Gasteiger partial charge in [0.2, 0.25) is 0 Å². The molecule has 1 amide bonds. The highest BCUT2D eigenvalue weighted by Gasteiger charge is 2.44. The van der Waals surface area contributed by atoms with Crippen molar-refractivity contribution >= 4 is 23.5 Å². The first kappa shape index (κ1) is 20.3. The third kappa shape index (κ3) is 4.71. The molecule has 2 heterocycles. The maximum atomic E-state index is 13.0. The molecule has 1 aromatic carbocycles. The van der Waals surface area contributed by atoms with Gasteiger partial charge in [0.25, 0.3) is 5.91 Å². The normalized spacial score (nSPS) is 19.3. The molecule has 1 atom stereocenters. The number of esters is 1. The Balaban J connectivity index is 1.80. The van der Waals surface area contributed by atoms with Crippen molar-refractivity contribution in [1.29, 1.82) is 0 Å². The van der Waals surface area contributed by atoms with E-state index in [-0.39, 0.29) is 17.0 Å². The van der Waals surface area contributed by atoms with Crippen molar-refractivity contribution in [3.63, 3.8) is 0 Å². The van der Waals surface area contributed by atoms with Crippen LogP contribution < -0.4 is 0 Å². The van der Waals surface area contributed by atoms with E-state index in [4.69, 9.17) is 16.3 Å². The third-order valence-corrected chi connectivity index (χ3v) is 5.49. The van der Waals surface area contributed by atoms with Crippen LogP contribution in [-0.4, -0.2) is 41.5 Å². The van der Waals surface area contributed by atoms with Gasteiger partial charge in [-0.15, -0.1) is 0 Å². The summed E-state index contributed by atoms with van der Waals surface area (Å²) in [6.45, 7) is 3.12. The highest BCUT2D eigenvalue weighted by atomic mass is 35.5. The predicted octanol–water partition coefficient (Wildman–Crippen LogP) is 4.15. The van der Waals surface area contributed by atoms with Gasteiger partial charge in [-0.05, 0) is 50.3 Å². The lowest BCUT2D eigenvalue weighted by molar-refractivity contribution is -0.159. The molecule has 1 saturated heterocycles. The van der Waals surface area contributed by atoms with E-state index in [1.54, 1.807) is 17.0 Å². The Morgan fingerprint density at radius 1 is 1.25 bits per heavy atom. The average Bonchev–Trinajstić information content (AvgIpc) is 2.73. The molecule has 3 rings (SSSR count). The van der Waals surface area contributed by atoms with Crippen LogP contribution in [0.25, 0.3) is 0 Å². The van der Waals surface area contributed by atoms with Gasteiger partial charge < -0.3 is 9.64 Å². The van der Waals surface area contributed by atoms with Gasteiger partial charge in [0.15, 0.2) is 0 Å². The quantitative estimate of drug-likeness (QED) is 0.539. The molecule has 1 aromatic heterocycles. The molecule has 0 N–H and O–H groups in total. The number of hydrogen-bond donors (Lipinski definition) is 0. The molecule has 0 bridgehead atoms. The van der Waals surface area contributed by atoms with E-state index in [0.29, 0.717) is 31.7 Å². The van der Waals surface area contributed by atoms with Crippen LogP contribution in [0, 0.1) is 5.41 Å². The Hall–Kier alpha value is -2.40. The van der Waals surface area contributed by atoms with Crippen molar-refractivity contribution in [1.82, 2.24) is 9.88 Å². The van der Waals surface area contributed by atoms with E-state index >= 15 is 0 Å². The SMILES string of the molecule is CCOC(=O)[C@@]1(CCc2ccccc2)CCCN(C(=O)c2ccnc(Cl)c2)C1. The van der Waals surface area contributed by atoms with Crippen LogP contribution in [-0.2, 0) is 16.0 Å². The molecule has 5 nitrogen and oxygen atoms in total. The number of aromatic nitrogens is 1. The van der Waals surface area contributed by atoms with Crippen molar-refractivity contribution in [3.05, 3.63) is 64.9 Å². The topological polar surface area (TPSA) is 59.5 Å². The zero-order chi connectivity index (χ0) is 20.0. The Morgan fingerprint density at radius 2 is 2.04 bits per heavy atom. The summed E-state index contributed by atoms with van der Waals surface area (Å²) in [5, 5.41) is 0.281. The second kappa shape index (κ2) is 9.20. The summed E-state index contributed by atoms with van der Waals surface area (Å²) in [5.41, 5.74) is 0.981. The van der Waals surface area contributed by atoms with Crippen LogP contribution in [0.5, 0.6) is 0 Å². The monoisotopic (exact) mass is 400 g/mol. The summed E-state index contributed by atoms with van der Waals surface area (Å²) in [6.07, 6.45) is 4.42. The number of pyridine rings is 1. The number of benzene rings is 1. The first-order chi connectivity index (χ1) is 13.5. The van der Waals surface area contributed by atoms with Gasteiger partial charge in [-0.1, -0.05) is 41.9 Å². The molecule has 148 valence electrons. The van der Waals surface area contributed by atoms with Gasteiger partial charge in [-0.3, -0.25) is 9.59 Å². The predicted molar refractivity (Wildman–Crippen MR) is 108 cm³/mol. The average molecular weight is 401 g/mol. The number of carbonyl (C=O) groups excluding carboxylic acids is 2. The Labute approximate surface area is 170 Å². The second-order valence-electron chi connectivity index (χ2n) is 7.18. The van der Waals surface area contributed by atoms with Crippen LogP contribution in [0.1, 0.15) is 42.1 Å². The van der Waals surface area contributed by atoms with Gasteiger partial charge >= 0.3 is 5.97 Å². The first-order valence-corrected chi connectivity index (χ1v) is 10.0. The van der Waals surface area contributed by atoms with E-state index < -0.39 is 5.41 Å². The van der Waals surface area contributed by atoms with Crippen molar-refractivity contribution in [3.8, 4) is 0 Å². The van der Waals surface area contributed by atoms with Crippen LogP contribution in [0.2, 0.25) is 5.15 Å². The van der Waals surface area contributed by atoms with Gasteiger partial charge in [0, 0.05) is 24.8 Å². The van der Waals surface area contributed by atoms with Gasteiger partial charge in [0.05, 0.1) is 12.0 Å². The minimum Gasteiger partial charge on any atom is -0.466 e. The van der Waals surface area contributed by atoms with Crippen molar-refractivity contribution in [2.24, 2.45) is 5.41 Å². The molecular formula is C22H25ClN2O3. The summed E-state index contributed by atoms with van der Waals surface area (Å²) >= 11 is 5.94. The molecule has 1 aliphatic rings. The lowest BCUT2D eigenvalue weighted by Crippen LogP contribution is -2.50. The number of hydrogen-bond acceptors (Lipinski definition) is 4. The fraction of sp³-hybridized carbons (Fsp3) is 0.409. The molecule has 2 aromatic rings. The van der Waals surface area contributed by atoms with Crippen molar-refractivity contribution < 1.29 is 14.3 Å². The number of amides is 1. The minimum atomic E-state index is -0.684. The molecular weight excluding hydrogens is 376 g/mol. The molecule has 0 saturated carbocycles. The number of piperidine rings is 1. The fourth-order valence-electron chi connectivity index (χ4n) is 3.81. The lowest BCUT2D eigenvalue weighted by Gasteiger charge is -2.41. The zero-order valence-electron chi connectivity index (χ0n) is 16.1. The Morgan fingerprint density at radius 3 is 2.75 bits per heavy atom. The van der Waals surface area contributed by atoms with Gasteiger partial charge in [0.1, 0.15) is 5.15 Å². The molecule has 6 heteroatoms. The van der Waals surface area contributed by atoms with E-state index in [1.807, 2.05) is 25.1 Å². The van der Waals surface area contributed by atoms with Crippen molar-refractivity contribution in [2.75, 3.05) is 19.7 Å². The first-order valence-electron chi connectivity index (χ1n) is 9.66. The molecule has 1 fully saturated rings. The summed E-state index contributed by atoms with van der Waals surface area (Å²) < 4.78 is 5.42. The van der Waals surface area contributed by atoms with E-state index in [1.165, 1.54) is 11.8 Å². The van der Waals surface area contributed by atoms with Gasteiger partial charge in [-0.2, -0.15) is 0 Å². The zero-order valence-corrected chi connectivity index (χ0v) is 16.8. The lowest BCUT2D eigenvalue weighted by atomic mass is 9.75. The number of nitrogens with zero attached hydrogens (tertiary/aromatic N) is 2. The van der Waals surface area contributed by atoms with E-state index in [9.17, 15) is 9.59 Å². The molecule has 0 aliphatic carbocycles. The number of ether oxygens (including phenoxy) is 1. The highest BCUT2D eigenvalue weighted by molar-refractivity contribution is 6.29. The van der Waals surface area contributed by atoms with Crippen LogP contribution >= 0.6 is 11.6 Å². The largest absolute Gasteiger partial charge is 0.466 e. The Kier molecular flexibility index (Phi) is 6.68. The maximum Gasteiger partial charge on any atom is 0.313 e. The highest BCUT2D eigenvalue weighted by Crippen LogP contribution is 2.37. The number of likely N-dealkylation sites (tertiary alicyclic amines) is 1. The van der Waals surface area contributed by atoms with E-state index in [0.717, 1.165) is 19.3 Å². The van der Waals surface area contributed by atoms with Crippen LogP contribution in [0.4, 0.5) is 0 Å². The summed E-state index contributed by atoms with van der Waals surface area (Å²) in [7, 11) is 0. The minimum absolute atomic E-state index is 0.127. The molecule has 0 radical (unpaired) electrons. The number of aryl methyl sites for hydroxylation is 1. The summed E-state index contributed by atoms with van der Waals surface area (Å²) in [6, 6.07) is 13.3. The number of rotatable bonds is 6. The Bertz CT molecular complexity index is 828. The van der Waals surface area contributed by atoms with Gasteiger partial charge in [-0.25, -0.2) is 4.98 Å². The third-order valence-electron chi connectivity index (χ3n) is 5.28. The maximum absolute atomic E-state index is 13.0. The second-order valence-corrected chi connectivity index (χ2v) is 7.57. The summed E-state index contributed by atoms with van der Waals surface area (Å²) in [5.74, 6) is -0.339. The molecule has 28 heavy (non-hydrogen) atoms. The molecule has 0 unspecified atom stereocenters. The van der Waals surface area contributed by atoms with Crippen LogP contribution in [0.3, 0.4) is 0 Å². The van der Waals surface area contributed by atoms with Crippen molar-refractivity contribution in [2.45, 2.75) is 32.6 Å². The number of carbonyl (C=O) groups is 2. The van der Waals surface area contributed by atoms with Crippen LogP contribution in [0.15, 0.2) is 48.7 Å². The fourth-order valence-corrected chi connectivity index (χ4v) is 3.98. The standard InChI is InChI=1S/C22H25ClN2O3/c1-2-28-21(27)22(12-9-17-7-4-3-5-8-17)11-6-14-25(16-22)20(26)18-10-13-24-19(23)15-18/h3-5,7-8,10,13,15H,2,6,9,11-12,14,16H2,1H3/t22-/m1/s1. The summed E-state index contributed by atoms with van der Waals surface area (Å²) in [4.78, 5) is 31.6. The smallest absolute Gasteiger partial charge is 0.313 e. The number of halogens is 1. The molecule has 1 aliphatic heterocycles. The van der Waals surface area contributed by atoms with E-state index in [2.05, 4.69) is 17.1 Å². The molecule has 0 spiro atoms.